The van der Waals surface area contributed by atoms with Crippen molar-refractivity contribution in [1.82, 2.24) is 0 Å². The second-order valence-electron chi connectivity index (χ2n) is 5.70. The number of rotatable bonds is 4. The molecule has 2 amide bonds. The van der Waals surface area contributed by atoms with Gasteiger partial charge in [0.05, 0.1) is 29.2 Å². The number of hydrogen-bond donors (Lipinski definition) is 2. The lowest BCUT2D eigenvalue weighted by atomic mass is 10.2. The Labute approximate surface area is 159 Å². The Kier molecular flexibility index (Phi) is 5.18. The fraction of sp³-hybridized carbons (Fsp3) is 0.167. The fourth-order valence-corrected chi connectivity index (χ4v) is 2.80. The number of nitrogens with one attached hydrogen (secondary N) is 1. The minimum absolute atomic E-state index is 0.0429. The molecule has 0 bridgehead atoms. The second kappa shape index (κ2) is 7.55. The van der Waals surface area contributed by atoms with Crippen LogP contribution in [0.1, 0.15) is 10.4 Å². The van der Waals surface area contributed by atoms with Crippen LogP contribution in [0.25, 0.3) is 0 Å². The number of nitrogens with zero attached hydrogens (tertiary/aromatic N) is 1. The van der Waals surface area contributed by atoms with Crippen molar-refractivity contribution in [2.75, 3.05) is 36.2 Å². The molecule has 0 aliphatic carbocycles. The predicted molar refractivity (Wildman–Crippen MR) is 100 cm³/mol. The molecule has 3 N–H and O–H groups in total. The van der Waals surface area contributed by atoms with Crippen molar-refractivity contribution in [1.29, 1.82) is 0 Å². The van der Waals surface area contributed by atoms with Crippen molar-refractivity contribution in [2.24, 2.45) is 0 Å². The molecule has 0 radical (unpaired) electrons. The lowest BCUT2D eigenvalue weighted by Gasteiger charge is -2.28. The highest BCUT2D eigenvalue weighted by atomic mass is 35.5. The van der Waals surface area contributed by atoms with E-state index >= 15 is 0 Å². The minimum atomic E-state index is -0.795. The normalized spacial score (nSPS) is 12.8. The third-order valence-electron chi connectivity index (χ3n) is 3.94. The molecule has 2 aromatic carbocycles. The van der Waals surface area contributed by atoms with Gasteiger partial charge < -0.3 is 20.5 Å². The maximum atomic E-state index is 12.5. The molecule has 0 spiro atoms. The number of nitrogens with two attached hydrogens (primary N) is 1. The molecule has 8 nitrogen and oxygen atoms in total. The molecule has 0 saturated heterocycles. The summed E-state index contributed by atoms with van der Waals surface area (Å²) in [5.74, 6) is -1.49. The summed E-state index contributed by atoms with van der Waals surface area (Å²) in [5, 5.41) is 2.84. The van der Waals surface area contributed by atoms with E-state index in [1.54, 1.807) is 24.3 Å². The van der Waals surface area contributed by atoms with Gasteiger partial charge in [0, 0.05) is 6.07 Å². The number of ether oxygens (including phenoxy) is 2. The minimum Gasteiger partial charge on any atom is -0.496 e. The zero-order valence-electron chi connectivity index (χ0n) is 14.3. The number of hydrogen-bond acceptors (Lipinski definition) is 6. The number of amides is 2. The lowest BCUT2D eigenvalue weighted by Crippen LogP contribution is -2.44. The van der Waals surface area contributed by atoms with E-state index in [-0.39, 0.29) is 34.5 Å². The van der Waals surface area contributed by atoms with Gasteiger partial charge in [-0.15, -0.1) is 0 Å². The van der Waals surface area contributed by atoms with Crippen molar-refractivity contribution >= 4 is 46.4 Å². The smallest absolute Gasteiger partial charge is 0.342 e. The van der Waals surface area contributed by atoms with Crippen molar-refractivity contribution in [3.8, 4) is 5.75 Å². The van der Waals surface area contributed by atoms with Crippen LogP contribution in [0.2, 0.25) is 5.02 Å². The van der Waals surface area contributed by atoms with Crippen LogP contribution < -0.4 is 20.7 Å². The van der Waals surface area contributed by atoms with E-state index in [9.17, 15) is 14.4 Å². The topological polar surface area (TPSA) is 111 Å². The highest BCUT2D eigenvalue weighted by molar-refractivity contribution is 6.33. The summed E-state index contributed by atoms with van der Waals surface area (Å²) in [6.07, 6.45) is 0. The number of halogens is 1. The quantitative estimate of drug-likeness (QED) is 0.611. The van der Waals surface area contributed by atoms with Gasteiger partial charge in [0.25, 0.3) is 5.91 Å². The van der Waals surface area contributed by atoms with Gasteiger partial charge in [0.2, 0.25) is 5.91 Å². The average Bonchev–Trinajstić information content (AvgIpc) is 2.66. The average molecular weight is 390 g/mol. The van der Waals surface area contributed by atoms with Crippen LogP contribution in [0, 0.1) is 0 Å². The van der Waals surface area contributed by atoms with Crippen LogP contribution in [0.15, 0.2) is 36.4 Å². The monoisotopic (exact) mass is 389 g/mol. The van der Waals surface area contributed by atoms with E-state index in [1.807, 2.05) is 0 Å². The Bertz CT molecular complexity index is 931. The molecule has 140 valence electrons. The lowest BCUT2D eigenvalue weighted by molar-refractivity contribution is -0.124. The molecule has 0 atom stereocenters. The highest BCUT2D eigenvalue weighted by Crippen LogP contribution is 2.30. The second-order valence-corrected chi connectivity index (χ2v) is 6.10. The molecule has 1 aliphatic rings. The number of nitrogen functional groups attached to an aromatic ring is 1. The summed E-state index contributed by atoms with van der Waals surface area (Å²) in [4.78, 5) is 37.9. The maximum absolute atomic E-state index is 12.5. The zero-order chi connectivity index (χ0) is 19.6. The van der Waals surface area contributed by atoms with Gasteiger partial charge in [-0.2, -0.15) is 0 Å². The van der Waals surface area contributed by atoms with Gasteiger partial charge >= 0.3 is 5.97 Å². The third-order valence-corrected chi connectivity index (χ3v) is 4.26. The van der Waals surface area contributed by atoms with Gasteiger partial charge in [0.15, 0.2) is 6.61 Å². The van der Waals surface area contributed by atoms with Crippen LogP contribution in [0.5, 0.6) is 5.75 Å². The molecular formula is C18H16ClN3O5. The first-order valence-corrected chi connectivity index (χ1v) is 8.28. The Balaban J connectivity index is 1.74. The molecule has 27 heavy (non-hydrogen) atoms. The molecule has 9 heteroatoms. The van der Waals surface area contributed by atoms with Gasteiger partial charge in [-0.1, -0.05) is 23.7 Å². The van der Waals surface area contributed by atoms with Crippen molar-refractivity contribution in [3.63, 3.8) is 0 Å². The summed E-state index contributed by atoms with van der Waals surface area (Å²) in [5.41, 5.74) is 7.02. The number of benzene rings is 2. The number of esters is 1. The number of methoxy groups -OCH3 is 1. The molecule has 0 unspecified atom stereocenters. The number of fused-ring (bicyclic) bond motifs is 1. The molecule has 1 heterocycles. The van der Waals surface area contributed by atoms with E-state index in [2.05, 4.69) is 5.32 Å². The first-order chi connectivity index (χ1) is 12.9. The van der Waals surface area contributed by atoms with E-state index in [4.69, 9.17) is 26.8 Å². The molecule has 0 fully saturated rings. The first kappa shape index (κ1) is 18.5. The number of carbonyl (C=O) groups is 3. The van der Waals surface area contributed by atoms with Gasteiger partial charge in [-0.05, 0) is 18.2 Å². The Morgan fingerprint density at radius 1 is 1.30 bits per heavy atom. The van der Waals surface area contributed by atoms with Crippen molar-refractivity contribution in [3.05, 3.63) is 47.0 Å². The van der Waals surface area contributed by atoms with Crippen LogP contribution in [-0.4, -0.2) is 38.0 Å². The molecular weight excluding hydrogens is 374 g/mol. The van der Waals surface area contributed by atoms with Crippen molar-refractivity contribution < 1.29 is 23.9 Å². The van der Waals surface area contributed by atoms with E-state index in [0.29, 0.717) is 11.4 Å². The molecule has 3 rings (SSSR count). The summed E-state index contributed by atoms with van der Waals surface area (Å²) in [7, 11) is 1.37. The summed E-state index contributed by atoms with van der Waals surface area (Å²) >= 11 is 5.94. The summed E-state index contributed by atoms with van der Waals surface area (Å²) < 4.78 is 10.2. The van der Waals surface area contributed by atoms with Crippen LogP contribution in [0.4, 0.5) is 17.1 Å². The van der Waals surface area contributed by atoms with Crippen LogP contribution in [-0.2, 0) is 14.3 Å². The van der Waals surface area contributed by atoms with Gasteiger partial charge in [-0.3, -0.25) is 14.5 Å². The maximum Gasteiger partial charge on any atom is 0.342 e. The van der Waals surface area contributed by atoms with Gasteiger partial charge in [0.1, 0.15) is 17.9 Å². The molecule has 1 aliphatic heterocycles. The van der Waals surface area contributed by atoms with E-state index in [0.717, 1.165) is 0 Å². The first-order valence-electron chi connectivity index (χ1n) is 7.90. The van der Waals surface area contributed by atoms with Crippen LogP contribution >= 0.6 is 11.6 Å². The summed E-state index contributed by atoms with van der Waals surface area (Å²) in [6.45, 7) is -0.712. The Morgan fingerprint density at radius 3 is 2.78 bits per heavy atom. The molecule has 0 saturated carbocycles. The zero-order valence-corrected chi connectivity index (χ0v) is 15.1. The standard InChI is InChI=1S/C18H16ClN3O5/c1-26-15-7-12(20)11(19)6-10(15)18(25)27-9-17(24)22-8-16(23)21-13-4-2-3-5-14(13)22/h2-7H,8-9,20H2,1H3,(H,21,23). The Hall–Kier alpha value is -3.26. The van der Waals surface area contributed by atoms with Crippen molar-refractivity contribution in [2.45, 2.75) is 0 Å². The summed E-state index contributed by atoms with van der Waals surface area (Å²) in [6, 6.07) is 9.56. The predicted octanol–water partition coefficient (Wildman–Crippen LogP) is 2.07. The molecule has 0 aromatic heterocycles. The number of para-hydroxylation sites is 2. The van der Waals surface area contributed by atoms with Gasteiger partial charge in [-0.25, -0.2) is 4.79 Å². The van der Waals surface area contributed by atoms with E-state index < -0.39 is 18.5 Å². The SMILES string of the molecule is COc1cc(N)c(Cl)cc1C(=O)OCC(=O)N1CC(=O)Nc2ccccc21. The highest BCUT2D eigenvalue weighted by Gasteiger charge is 2.27. The van der Waals surface area contributed by atoms with Crippen LogP contribution in [0.3, 0.4) is 0 Å². The third kappa shape index (κ3) is 3.80. The largest absolute Gasteiger partial charge is 0.496 e. The molecule has 2 aromatic rings. The number of carbonyl (C=O) groups excluding carboxylic acids is 3. The Morgan fingerprint density at radius 2 is 2.04 bits per heavy atom. The fourth-order valence-electron chi connectivity index (χ4n) is 2.64. The van der Waals surface area contributed by atoms with E-state index in [1.165, 1.54) is 24.1 Å². The number of anilines is 3.